The third-order valence-electron chi connectivity index (χ3n) is 6.10. The van der Waals surface area contributed by atoms with Gasteiger partial charge < -0.3 is 19.3 Å². The highest BCUT2D eigenvalue weighted by Crippen LogP contribution is 2.44. The molecule has 1 N–H and O–H groups in total. The van der Waals surface area contributed by atoms with Crippen LogP contribution in [0.4, 0.5) is 4.79 Å². The van der Waals surface area contributed by atoms with E-state index in [4.69, 9.17) is 9.47 Å². The molecule has 3 rings (SSSR count). The summed E-state index contributed by atoms with van der Waals surface area (Å²) in [6.07, 6.45) is 9.89. The summed E-state index contributed by atoms with van der Waals surface area (Å²) >= 11 is 0. The van der Waals surface area contributed by atoms with Gasteiger partial charge in [0.1, 0.15) is 5.60 Å². The number of hydrogen-bond acceptors (Lipinski definition) is 5. The summed E-state index contributed by atoms with van der Waals surface area (Å²) in [7, 11) is 3.85. The van der Waals surface area contributed by atoms with Crippen molar-refractivity contribution < 1.29 is 14.3 Å². The van der Waals surface area contributed by atoms with E-state index in [9.17, 15) is 4.79 Å². The van der Waals surface area contributed by atoms with Gasteiger partial charge in [0.2, 0.25) is 0 Å². The van der Waals surface area contributed by atoms with Crippen LogP contribution in [0.2, 0.25) is 0 Å². The van der Waals surface area contributed by atoms with Crippen molar-refractivity contribution >= 4 is 11.7 Å². The number of likely N-dealkylation sites (N-methyl/N-ethyl adjacent to an activating group) is 2. The lowest BCUT2D eigenvalue weighted by molar-refractivity contribution is -0.0119. The van der Waals surface area contributed by atoms with Crippen molar-refractivity contribution in [3.05, 3.63) is 23.5 Å². The van der Waals surface area contributed by atoms with Crippen molar-refractivity contribution in [2.24, 2.45) is 5.41 Å². The number of nitrogens with zero attached hydrogens (tertiary/aromatic N) is 3. The van der Waals surface area contributed by atoms with Gasteiger partial charge >= 0.3 is 6.09 Å². The number of ether oxygens (including phenoxy) is 2. The molecule has 0 aromatic carbocycles. The number of aromatic amines is 1. The summed E-state index contributed by atoms with van der Waals surface area (Å²) in [6, 6.07) is 0. The lowest BCUT2D eigenvalue weighted by Gasteiger charge is -2.39. The van der Waals surface area contributed by atoms with Crippen molar-refractivity contribution in [2.45, 2.75) is 65.0 Å². The number of aromatic nitrogens is 2. The summed E-state index contributed by atoms with van der Waals surface area (Å²) in [5.74, 6) is 0. The SMILES string of the molecule is CN(CCN(C)C(=O)OC(C)(C)C)Cc1c[nH]nc1C1=CCC2(CCCOC2)CC1. The zero-order valence-electron chi connectivity index (χ0n) is 19.3. The normalized spacial score (nSPS) is 22.3. The highest BCUT2D eigenvalue weighted by Gasteiger charge is 2.35. The van der Waals surface area contributed by atoms with Gasteiger partial charge in [0.05, 0.1) is 12.3 Å². The third-order valence-corrected chi connectivity index (χ3v) is 6.10. The molecule has 1 saturated heterocycles. The van der Waals surface area contributed by atoms with Gasteiger partial charge in [-0.25, -0.2) is 4.79 Å². The summed E-state index contributed by atoms with van der Waals surface area (Å²) in [5, 5.41) is 7.61. The molecule has 1 aliphatic carbocycles. The van der Waals surface area contributed by atoms with Crippen LogP contribution in [0.25, 0.3) is 5.57 Å². The molecular weight excluding hydrogens is 380 g/mol. The first-order chi connectivity index (χ1) is 14.2. The molecule has 7 heteroatoms. The average molecular weight is 419 g/mol. The van der Waals surface area contributed by atoms with E-state index in [1.54, 1.807) is 11.9 Å². The van der Waals surface area contributed by atoms with E-state index in [0.29, 0.717) is 12.0 Å². The average Bonchev–Trinajstić information content (AvgIpc) is 3.14. The highest BCUT2D eigenvalue weighted by molar-refractivity contribution is 5.67. The van der Waals surface area contributed by atoms with Crippen LogP contribution in [0.1, 0.15) is 64.1 Å². The number of allylic oxidation sites excluding steroid dienone is 2. The molecule has 1 spiro atoms. The van der Waals surface area contributed by atoms with Crippen LogP contribution in [0.3, 0.4) is 0 Å². The van der Waals surface area contributed by atoms with Crippen LogP contribution in [-0.4, -0.2) is 72.1 Å². The van der Waals surface area contributed by atoms with Crippen LogP contribution in [-0.2, 0) is 16.0 Å². The van der Waals surface area contributed by atoms with Crippen molar-refractivity contribution in [3.63, 3.8) is 0 Å². The Kier molecular flexibility index (Phi) is 7.24. The first kappa shape index (κ1) is 22.8. The Bertz CT molecular complexity index is 744. The number of amides is 1. The molecule has 0 saturated carbocycles. The first-order valence-electron chi connectivity index (χ1n) is 11.1. The minimum Gasteiger partial charge on any atom is -0.444 e. The Morgan fingerprint density at radius 3 is 2.73 bits per heavy atom. The van der Waals surface area contributed by atoms with E-state index in [0.717, 1.165) is 44.8 Å². The van der Waals surface area contributed by atoms with Crippen molar-refractivity contribution in [2.75, 3.05) is 40.4 Å². The second-order valence-electron chi connectivity index (χ2n) is 9.99. The van der Waals surface area contributed by atoms with Gasteiger partial charge in [-0.05, 0) is 70.9 Å². The third kappa shape index (κ3) is 6.08. The van der Waals surface area contributed by atoms with Gasteiger partial charge in [-0.2, -0.15) is 5.10 Å². The number of carbonyl (C=O) groups is 1. The second kappa shape index (κ2) is 9.52. The van der Waals surface area contributed by atoms with Crippen LogP contribution >= 0.6 is 0 Å². The summed E-state index contributed by atoms with van der Waals surface area (Å²) < 4.78 is 11.2. The summed E-state index contributed by atoms with van der Waals surface area (Å²) in [5.41, 5.74) is 3.52. The number of nitrogens with one attached hydrogen (secondary N) is 1. The molecule has 1 aliphatic heterocycles. The Morgan fingerprint density at radius 1 is 1.30 bits per heavy atom. The van der Waals surface area contributed by atoms with Gasteiger partial charge in [0.25, 0.3) is 0 Å². The van der Waals surface area contributed by atoms with E-state index in [1.807, 2.05) is 27.0 Å². The molecule has 2 aliphatic rings. The molecule has 7 nitrogen and oxygen atoms in total. The smallest absolute Gasteiger partial charge is 0.410 e. The maximum atomic E-state index is 12.1. The van der Waals surface area contributed by atoms with E-state index in [2.05, 4.69) is 28.2 Å². The van der Waals surface area contributed by atoms with Gasteiger partial charge in [-0.3, -0.25) is 5.10 Å². The van der Waals surface area contributed by atoms with E-state index >= 15 is 0 Å². The molecule has 0 radical (unpaired) electrons. The maximum absolute atomic E-state index is 12.1. The van der Waals surface area contributed by atoms with Crippen molar-refractivity contribution in [1.82, 2.24) is 20.0 Å². The predicted octanol–water partition coefficient (Wildman–Crippen LogP) is 4.07. The number of hydrogen-bond donors (Lipinski definition) is 1. The zero-order valence-corrected chi connectivity index (χ0v) is 19.3. The fraction of sp³-hybridized carbons (Fsp3) is 0.739. The van der Waals surface area contributed by atoms with Gasteiger partial charge in [0.15, 0.2) is 0 Å². The quantitative estimate of drug-likeness (QED) is 0.754. The molecular formula is C23H38N4O3. The number of carbonyl (C=O) groups excluding carboxylic acids is 1. The Hall–Kier alpha value is -1.86. The van der Waals surface area contributed by atoms with Crippen LogP contribution in [0.5, 0.6) is 0 Å². The lowest BCUT2D eigenvalue weighted by atomic mass is 9.71. The molecule has 1 amide bonds. The Morgan fingerprint density at radius 2 is 2.10 bits per heavy atom. The lowest BCUT2D eigenvalue weighted by Crippen LogP contribution is -2.38. The van der Waals surface area contributed by atoms with E-state index in [-0.39, 0.29) is 6.09 Å². The minimum atomic E-state index is -0.473. The first-order valence-corrected chi connectivity index (χ1v) is 11.1. The fourth-order valence-corrected chi connectivity index (χ4v) is 4.26. The van der Waals surface area contributed by atoms with Crippen molar-refractivity contribution in [1.29, 1.82) is 0 Å². The summed E-state index contributed by atoms with van der Waals surface area (Å²) in [6.45, 7) is 9.63. The molecule has 168 valence electrons. The highest BCUT2D eigenvalue weighted by atomic mass is 16.6. The standard InChI is InChI=1S/C23H38N4O3/c1-22(2,3)30-21(28)27(5)13-12-26(4)16-19-15-24-25-20(19)18-7-10-23(11-8-18)9-6-14-29-17-23/h7,15H,6,8-14,16-17H2,1-5H3,(H,24,25). The largest absolute Gasteiger partial charge is 0.444 e. The van der Waals surface area contributed by atoms with E-state index in [1.165, 1.54) is 30.4 Å². The summed E-state index contributed by atoms with van der Waals surface area (Å²) in [4.78, 5) is 16.0. The Balaban J connectivity index is 1.52. The van der Waals surface area contributed by atoms with E-state index < -0.39 is 5.60 Å². The van der Waals surface area contributed by atoms with Crippen molar-refractivity contribution in [3.8, 4) is 0 Å². The van der Waals surface area contributed by atoms with Crippen LogP contribution < -0.4 is 0 Å². The zero-order chi connectivity index (χ0) is 21.8. The predicted molar refractivity (Wildman–Crippen MR) is 118 cm³/mol. The minimum absolute atomic E-state index is 0.284. The molecule has 1 atom stereocenters. The van der Waals surface area contributed by atoms with Gasteiger partial charge in [0, 0.05) is 45.0 Å². The topological polar surface area (TPSA) is 70.7 Å². The van der Waals surface area contributed by atoms with Crippen LogP contribution in [0, 0.1) is 5.41 Å². The monoisotopic (exact) mass is 418 g/mol. The number of H-pyrrole nitrogens is 1. The molecule has 0 bridgehead atoms. The Labute approximate surface area is 180 Å². The maximum Gasteiger partial charge on any atom is 0.410 e. The molecule has 1 fully saturated rings. The molecule has 2 heterocycles. The van der Waals surface area contributed by atoms with Crippen LogP contribution in [0.15, 0.2) is 12.3 Å². The number of rotatable bonds is 6. The molecule has 30 heavy (non-hydrogen) atoms. The van der Waals surface area contributed by atoms with Gasteiger partial charge in [-0.15, -0.1) is 0 Å². The molecule has 1 aromatic rings. The van der Waals surface area contributed by atoms with Gasteiger partial charge in [-0.1, -0.05) is 6.08 Å². The molecule has 1 aromatic heterocycles. The molecule has 1 unspecified atom stereocenters. The fourth-order valence-electron chi connectivity index (χ4n) is 4.26. The second-order valence-corrected chi connectivity index (χ2v) is 9.99.